The Balaban J connectivity index is 2.23. The molecule has 0 saturated carbocycles. The molecule has 1 rings (SSSR count). The number of unbranched alkanes of at least 4 members (excludes halogenated alkanes) is 12. The summed E-state index contributed by atoms with van der Waals surface area (Å²) in [5.41, 5.74) is 0.306. The lowest BCUT2D eigenvalue weighted by atomic mass is 10.1. The highest BCUT2D eigenvalue weighted by Crippen LogP contribution is 2.12. The molecule has 5 heteroatoms. The average Bonchev–Trinajstić information content (AvgIpc) is 2.80. The van der Waals surface area contributed by atoms with Crippen molar-refractivity contribution in [2.75, 3.05) is 6.61 Å². The minimum atomic E-state index is -0.489. The molecule has 0 bridgehead atoms. The highest BCUT2D eigenvalue weighted by atomic mass is 16.5. The first-order chi connectivity index (χ1) is 15.6. The average molecular weight is 448 g/mol. The van der Waals surface area contributed by atoms with E-state index in [0.717, 1.165) is 32.1 Å². The molecule has 0 amide bonds. The summed E-state index contributed by atoms with van der Waals surface area (Å²) >= 11 is 0. The van der Waals surface area contributed by atoms with Crippen LogP contribution in [0.15, 0.2) is 18.2 Å². The number of aromatic nitrogens is 1. The molecule has 0 aliphatic carbocycles. The van der Waals surface area contributed by atoms with Crippen molar-refractivity contribution in [3.8, 4) is 0 Å². The third-order valence-electron chi connectivity index (χ3n) is 5.67. The zero-order valence-corrected chi connectivity index (χ0v) is 20.7. The molecule has 0 N–H and O–H groups in total. The molecule has 32 heavy (non-hydrogen) atoms. The van der Waals surface area contributed by atoms with Crippen LogP contribution in [0.3, 0.4) is 0 Å². The zero-order chi connectivity index (χ0) is 23.4. The van der Waals surface area contributed by atoms with Crippen LogP contribution in [-0.4, -0.2) is 29.6 Å². The molecular formula is C27H45NO4. The van der Waals surface area contributed by atoms with E-state index in [4.69, 9.17) is 9.47 Å². The van der Waals surface area contributed by atoms with Gasteiger partial charge in [-0.15, -0.1) is 0 Å². The van der Waals surface area contributed by atoms with Gasteiger partial charge in [-0.3, -0.25) is 0 Å². The molecule has 1 aromatic rings. The fraction of sp³-hybridized carbons (Fsp3) is 0.741. The SMILES string of the molecule is CCCCCCCCCCCCOC(=O)c1cccc(C(=O)OC(C)CCCCCC)n1. The number of esters is 2. The maximum Gasteiger partial charge on any atom is 0.357 e. The summed E-state index contributed by atoms with van der Waals surface area (Å²) in [7, 11) is 0. The Morgan fingerprint density at radius 3 is 1.84 bits per heavy atom. The van der Waals surface area contributed by atoms with E-state index in [9.17, 15) is 9.59 Å². The fourth-order valence-corrected chi connectivity index (χ4v) is 3.65. The van der Waals surface area contributed by atoms with E-state index in [2.05, 4.69) is 18.8 Å². The molecule has 1 heterocycles. The van der Waals surface area contributed by atoms with Crippen LogP contribution in [0.1, 0.15) is 138 Å². The van der Waals surface area contributed by atoms with E-state index in [1.807, 2.05) is 6.92 Å². The van der Waals surface area contributed by atoms with Gasteiger partial charge in [-0.2, -0.15) is 0 Å². The Morgan fingerprint density at radius 2 is 1.25 bits per heavy atom. The van der Waals surface area contributed by atoms with Gasteiger partial charge >= 0.3 is 11.9 Å². The lowest BCUT2D eigenvalue weighted by Gasteiger charge is -2.13. The summed E-state index contributed by atoms with van der Waals surface area (Å²) in [5.74, 6) is -0.972. The van der Waals surface area contributed by atoms with Crippen molar-refractivity contribution < 1.29 is 19.1 Å². The molecular weight excluding hydrogens is 402 g/mol. The van der Waals surface area contributed by atoms with Crippen LogP contribution in [0.2, 0.25) is 0 Å². The molecule has 1 aromatic heterocycles. The van der Waals surface area contributed by atoms with Crippen molar-refractivity contribution in [2.45, 2.75) is 123 Å². The van der Waals surface area contributed by atoms with Crippen LogP contribution >= 0.6 is 0 Å². The number of carbonyl (C=O) groups is 2. The molecule has 1 atom stereocenters. The van der Waals surface area contributed by atoms with E-state index in [0.29, 0.717) is 6.61 Å². The maximum atomic E-state index is 12.3. The van der Waals surface area contributed by atoms with Gasteiger partial charge in [-0.1, -0.05) is 97.0 Å². The van der Waals surface area contributed by atoms with E-state index in [1.54, 1.807) is 18.2 Å². The molecule has 0 aliphatic rings. The smallest absolute Gasteiger partial charge is 0.357 e. The van der Waals surface area contributed by atoms with Crippen LogP contribution in [0, 0.1) is 0 Å². The van der Waals surface area contributed by atoms with E-state index < -0.39 is 11.9 Å². The second kappa shape index (κ2) is 18.6. The summed E-state index contributed by atoms with van der Waals surface area (Å²) in [6.45, 7) is 6.70. The molecule has 1 unspecified atom stereocenters. The second-order valence-corrected chi connectivity index (χ2v) is 8.79. The number of rotatable bonds is 19. The Labute approximate surface area is 195 Å². The van der Waals surface area contributed by atoms with Gasteiger partial charge in [0.15, 0.2) is 0 Å². The molecule has 5 nitrogen and oxygen atoms in total. The molecule has 0 aromatic carbocycles. The number of ether oxygens (including phenoxy) is 2. The highest BCUT2D eigenvalue weighted by Gasteiger charge is 2.16. The van der Waals surface area contributed by atoms with Crippen molar-refractivity contribution in [1.82, 2.24) is 4.98 Å². The van der Waals surface area contributed by atoms with Gasteiger partial charge in [0.25, 0.3) is 0 Å². The third kappa shape index (κ3) is 13.5. The normalized spacial score (nSPS) is 11.8. The van der Waals surface area contributed by atoms with Crippen LogP contribution in [0.5, 0.6) is 0 Å². The Bertz CT molecular complexity index is 632. The van der Waals surface area contributed by atoms with Gasteiger partial charge in [-0.25, -0.2) is 14.6 Å². The van der Waals surface area contributed by atoms with Crippen LogP contribution in [0.25, 0.3) is 0 Å². The minimum Gasteiger partial charge on any atom is -0.461 e. The quantitative estimate of drug-likeness (QED) is 0.161. The van der Waals surface area contributed by atoms with Crippen molar-refractivity contribution in [2.24, 2.45) is 0 Å². The second-order valence-electron chi connectivity index (χ2n) is 8.79. The Kier molecular flexibility index (Phi) is 16.4. The minimum absolute atomic E-state index is 0.152. The lowest BCUT2D eigenvalue weighted by Crippen LogP contribution is -2.17. The standard InChI is InChI=1S/C27H45NO4/c1-4-6-8-10-11-12-13-14-15-17-22-31-26(29)24-20-18-21-25(28-24)27(30)32-23(3)19-16-9-7-5-2/h18,20-21,23H,4-17,19,22H2,1-3H3. The summed E-state index contributed by atoms with van der Waals surface area (Å²) in [6, 6.07) is 4.80. The zero-order valence-electron chi connectivity index (χ0n) is 20.7. The summed E-state index contributed by atoms with van der Waals surface area (Å²) < 4.78 is 10.8. The first-order valence-corrected chi connectivity index (χ1v) is 12.9. The predicted molar refractivity (Wildman–Crippen MR) is 130 cm³/mol. The van der Waals surface area contributed by atoms with E-state index >= 15 is 0 Å². The predicted octanol–water partition coefficient (Wildman–Crippen LogP) is 7.68. The van der Waals surface area contributed by atoms with Gasteiger partial charge in [-0.05, 0) is 38.3 Å². The van der Waals surface area contributed by atoms with Gasteiger partial charge in [0, 0.05) is 0 Å². The number of hydrogen-bond acceptors (Lipinski definition) is 5. The van der Waals surface area contributed by atoms with Gasteiger partial charge in [0.2, 0.25) is 0 Å². The molecule has 0 spiro atoms. The lowest BCUT2D eigenvalue weighted by molar-refractivity contribution is 0.0312. The summed E-state index contributed by atoms with van der Waals surface area (Å²) in [5, 5.41) is 0. The molecule has 182 valence electrons. The highest BCUT2D eigenvalue weighted by molar-refractivity contribution is 5.91. The first kappa shape index (κ1) is 28.1. The molecule has 0 radical (unpaired) electrons. The van der Waals surface area contributed by atoms with Crippen molar-refractivity contribution in [3.63, 3.8) is 0 Å². The number of carbonyl (C=O) groups excluding carboxylic acids is 2. The van der Waals surface area contributed by atoms with Crippen LogP contribution in [0.4, 0.5) is 0 Å². The molecule has 0 aliphatic heterocycles. The summed E-state index contributed by atoms with van der Waals surface area (Å²) in [6.07, 6.45) is 17.6. The third-order valence-corrected chi connectivity index (χ3v) is 5.67. The fourth-order valence-electron chi connectivity index (χ4n) is 3.65. The largest absolute Gasteiger partial charge is 0.461 e. The van der Waals surface area contributed by atoms with Crippen LogP contribution < -0.4 is 0 Å². The van der Waals surface area contributed by atoms with Gasteiger partial charge < -0.3 is 9.47 Å². The van der Waals surface area contributed by atoms with E-state index in [1.165, 1.54) is 64.2 Å². The topological polar surface area (TPSA) is 65.5 Å². The Morgan fingerprint density at radius 1 is 0.750 bits per heavy atom. The number of hydrogen-bond donors (Lipinski definition) is 0. The van der Waals surface area contributed by atoms with E-state index in [-0.39, 0.29) is 17.5 Å². The van der Waals surface area contributed by atoms with Gasteiger partial charge in [0.1, 0.15) is 11.4 Å². The first-order valence-electron chi connectivity index (χ1n) is 12.9. The van der Waals surface area contributed by atoms with Crippen molar-refractivity contribution >= 4 is 11.9 Å². The number of pyridine rings is 1. The van der Waals surface area contributed by atoms with Gasteiger partial charge in [0.05, 0.1) is 12.7 Å². The maximum absolute atomic E-state index is 12.3. The number of nitrogens with zero attached hydrogens (tertiary/aromatic N) is 1. The van der Waals surface area contributed by atoms with Crippen molar-refractivity contribution in [3.05, 3.63) is 29.6 Å². The van der Waals surface area contributed by atoms with Crippen LogP contribution in [-0.2, 0) is 9.47 Å². The Hall–Kier alpha value is -1.91. The molecule has 0 fully saturated rings. The summed E-state index contributed by atoms with van der Waals surface area (Å²) in [4.78, 5) is 28.8. The molecule has 0 saturated heterocycles. The monoisotopic (exact) mass is 447 g/mol. The van der Waals surface area contributed by atoms with Crippen molar-refractivity contribution in [1.29, 1.82) is 0 Å².